The van der Waals surface area contributed by atoms with E-state index in [1.807, 2.05) is 39.6 Å². The topological polar surface area (TPSA) is 76.0 Å². The lowest BCUT2D eigenvalue weighted by molar-refractivity contribution is -0.128. The molecule has 0 aliphatic carbocycles. The van der Waals surface area contributed by atoms with Crippen molar-refractivity contribution >= 4 is 45.9 Å². The minimum absolute atomic E-state index is 0.122. The lowest BCUT2D eigenvalue weighted by Crippen LogP contribution is -2.49. The molecule has 0 bridgehead atoms. The number of aryl methyl sites for hydroxylation is 1. The Morgan fingerprint density at radius 2 is 1.64 bits per heavy atom. The highest BCUT2D eigenvalue weighted by molar-refractivity contribution is 7.99. The van der Waals surface area contributed by atoms with E-state index in [-0.39, 0.29) is 5.91 Å². The van der Waals surface area contributed by atoms with Gasteiger partial charge in [0.15, 0.2) is 0 Å². The number of hydrogen-bond acceptors (Lipinski definition) is 6. The van der Waals surface area contributed by atoms with Gasteiger partial charge in [-0.1, -0.05) is 42.1 Å². The largest absolute Gasteiger partial charge is 0.368 e. The average Bonchev–Trinajstić information content (AvgIpc) is 3.52. The summed E-state index contributed by atoms with van der Waals surface area (Å²) in [5, 5.41) is 14.1. The summed E-state index contributed by atoms with van der Waals surface area (Å²) in [6.07, 6.45) is 0. The summed E-state index contributed by atoms with van der Waals surface area (Å²) in [6.45, 7) is 6.05. The van der Waals surface area contributed by atoms with Crippen LogP contribution in [0, 0.1) is 0 Å². The van der Waals surface area contributed by atoms with Crippen LogP contribution < -0.4 is 4.90 Å². The first-order chi connectivity index (χ1) is 16.2. The van der Waals surface area contributed by atoms with E-state index in [9.17, 15) is 4.79 Å². The van der Waals surface area contributed by atoms with Gasteiger partial charge in [-0.2, -0.15) is 4.52 Å². The first kappa shape index (κ1) is 20.1. The number of amides is 1. The standard InChI is InChI=1S/C23H24N8OS/c1-2-29-18-10-6-7-11-19(18)30-21-24-25-23(31(21)26-22(29)30)33-16-20(32)28-14-12-27(13-15-28)17-8-4-3-5-9-17/h3-11H,2,12-16H2,1H3. The molecule has 1 aliphatic rings. The molecule has 5 aromatic rings. The van der Waals surface area contributed by atoms with Gasteiger partial charge < -0.3 is 14.4 Å². The van der Waals surface area contributed by atoms with Crippen molar-refractivity contribution < 1.29 is 4.79 Å². The highest BCUT2D eigenvalue weighted by Crippen LogP contribution is 2.25. The van der Waals surface area contributed by atoms with Crippen LogP contribution in [0.15, 0.2) is 59.8 Å². The Balaban J connectivity index is 1.18. The van der Waals surface area contributed by atoms with Gasteiger partial charge in [0, 0.05) is 38.4 Å². The molecular formula is C23H24N8OS. The molecule has 10 heteroatoms. The minimum atomic E-state index is 0.122. The van der Waals surface area contributed by atoms with Gasteiger partial charge in [0.1, 0.15) is 0 Å². The van der Waals surface area contributed by atoms with Crippen LogP contribution in [0.5, 0.6) is 0 Å². The molecule has 0 unspecified atom stereocenters. The Kier molecular flexibility index (Phi) is 4.94. The molecular weight excluding hydrogens is 436 g/mol. The van der Waals surface area contributed by atoms with Crippen molar-refractivity contribution in [3.8, 4) is 0 Å². The monoisotopic (exact) mass is 460 g/mol. The maximum Gasteiger partial charge on any atom is 0.260 e. The number of anilines is 1. The maximum absolute atomic E-state index is 12.9. The van der Waals surface area contributed by atoms with Crippen LogP contribution in [-0.4, -0.2) is 71.5 Å². The van der Waals surface area contributed by atoms with Crippen LogP contribution in [0.4, 0.5) is 5.69 Å². The molecule has 0 saturated carbocycles. The normalized spacial score (nSPS) is 14.7. The summed E-state index contributed by atoms with van der Waals surface area (Å²) in [6, 6.07) is 18.5. The molecule has 4 heterocycles. The first-order valence-electron chi connectivity index (χ1n) is 11.2. The number of para-hydroxylation sites is 3. The van der Waals surface area contributed by atoms with Crippen LogP contribution in [0.2, 0.25) is 0 Å². The summed E-state index contributed by atoms with van der Waals surface area (Å²) in [5.74, 6) is 1.94. The smallest absolute Gasteiger partial charge is 0.260 e. The molecule has 1 saturated heterocycles. The lowest BCUT2D eigenvalue weighted by Gasteiger charge is -2.36. The summed E-state index contributed by atoms with van der Waals surface area (Å²) >= 11 is 1.39. The lowest BCUT2D eigenvalue weighted by atomic mass is 10.2. The fourth-order valence-electron chi connectivity index (χ4n) is 4.56. The van der Waals surface area contributed by atoms with E-state index in [1.165, 1.54) is 17.4 Å². The molecule has 0 N–H and O–H groups in total. The molecule has 33 heavy (non-hydrogen) atoms. The number of thioether (sulfide) groups is 1. The highest BCUT2D eigenvalue weighted by atomic mass is 32.2. The van der Waals surface area contributed by atoms with Gasteiger partial charge in [0.25, 0.3) is 5.78 Å². The zero-order chi connectivity index (χ0) is 22.4. The zero-order valence-corrected chi connectivity index (χ0v) is 19.1. The highest BCUT2D eigenvalue weighted by Gasteiger charge is 2.23. The number of benzene rings is 2. The van der Waals surface area contributed by atoms with E-state index in [1.54, 1.807) is 4.52 Å². The molecule has 0 spiro atoms. The number of hydrogen-bond donors (Lipinski definition) is 0. The Morgan fingerprint density at radius 3 is 2.39 bits per heavy atom. The number of rotatable bonds is 5. The second-order valence-corrected chi connectivity index (χ2v) is 9.00. The maximum atomic E-state index is 12.9. The van der Waals surface area contributed by atoms with E-state index in [4.69, 9.17) is 5.10 Å². The Morgan fingerprint density at radius 1 is 0.909 bits per heavy atom. The SMILES string of the molecule is CCn1c2ccccc2n2c1nn1c(SCC(=O)N3CCN(c4ccccc4)CC3)nnc12. The summed E-state index contributed by atoms with van der Waals surface area (Å²) < 4.78 is 5.94. The van der Waals surface area contributed by atoms with Crippen molar-refractivity contribution in [2.75, 3.05) is 36.8 Å². The van der Waals surface area contributed by atoms with Crippen molar-refractivity contribution in [1.82, 2.24) is 33.7 Å². The number of aromatic nitrogens is 6. The van der Waals surface area contributed by atoms with Crippen molar-refractivity contribution in [2.45, 2.75) is 18.6 Å². The number of carbonyl (C=O) groups excluding carboxylic acids is 1. The third-order valence-corrected chi connectivity index (χ3v) is 7.14. The van der Waals surface area contributed by atoms with Gasteiger partial charge in [-0.25, -0.2) is 4.40 Å². The van der Waals surface area contributed by atoms with Crippen LogP contribution >= 0.6 is 11.8 Å². The molecule has 1 fully saturated rings. The number of fused-ring (bicyclic) bond motifs is 5. The van der Waals surface area contributed by atoms with Crippen molar-refractivity contribution in [3.63, 3.8) is 0 Å². The Bertz CT molecular complexity index is 1450. The van der Waals surface area contributed by atoms with E-state index < -0.39 is 0 Å². The second kappa shape index (κ2) is 8.11. The second-order valence-electron chi connectivity index (χ2n) is 8.05. The molecule has 3 aromatic heterocycles. The van der Waals surface area contributed by atoms with Gasteiger partial charge in [0.05, 0.1) is 16.8 Å². The fraction of sp³-hybridized carbons (Fsp3) is 0.304. The molecule has 0 radical (unpaired) electrons. The van der Waals surface area contributed by atoms with Crippen molar-refractivity contribution in [3.05, 3.63) is 54.6 Å². The minimum Gasteiger partial charge on any atom is -0.368 e. The Labute approximate surface area is 194 Å². The van der Waals surface area contributed by atoms with Gasteiger partial charge in [-0.05, 0) is 31.2 Å². The third kappa shape index (κ3) is 3.32. The van der Waals surface area contributed by atoms with Gasteiger partial charge in [0.2, 0.25) is 16.8 Å². The number of nitrogens with zero attached hydrogens (tertiary/aromatic N) is 8. The molecule has 0 atom stereocenters. The third-order valence-electron chi connectivity index (χ3n) is 6.23. The summed E-state index contributed by atoms with van der Waals surface area (Å²) in [7, 11) is 0. The molecule has 168 valence electrons. The number of imidazole rings is 1. The molecule has 6 rings (SSSR count). The van der Waals surface area contributed by atoms with Crippen molar-refractivity contribution in [1.29, 1.82) is 0 Å². The predicted octanol–water partition coefficient (Wildman–Crippen LogP) is 2.79. The quantitative estimate of drug-likeness (QED) is 0.376. The van der Waals surface area contributed by atoms with E-state index in [0.29, 0.717) is 16.7 Å². The first-order valence-corrected chi connectivity index (χ1v) is 12.1. The average molecular weight is 461 g/mol. The number of carbonyl (C=O) groups is 1. The fourth-order valence-corrected chi connectivity index (χ4v) is 5.34. The van der Waals surface area contributed by atoms with E-state index in [2.05, 4.69) is 50.9 Å². The molecule has 2 aromatic carbocycles. The molecule has 9 nitrogen and oxygen atoms in total. The summed E-state index contributed by atoms with van der Waals surface area (Å²) in [5.41, 5.74) is 3.38. The van der Waals surface area contributed by atoms with Crippen LogP contribution in [0.25, 0.3) is 22.6 Å². The molecule has 1 amide bonds. The predicted molar refractivity (Wildman–Crippen MR) is 129 cm³/mol. The van der Waals surface area contributed by atoms with Gasteiger partial charge in [-0.15, -0.1) is 15.3 Å². The number of piperazine rings is 1. The summed E-state index contributed by atoms with van der Waals surface area (Å²) in [4.78, 5) is 17.1. The Hall–Kier alpha value is -3.53. The van der Waals surface area contributed by atoms with Crippen LogP contribution in [-0.2, 0) is 11.3 Å². The van der Waals surface area contributed by atoms with E-state index in [0.717, 1.165) is 49.5 Å². The zero-order valence-electron chi connectivity index (χ0n) is 18.3. The molecule has 1 aliphatic heterocycles. The van der Waals surface area contributed by atoms with Gasteiger partial charge >= 0.3 is 0 Å². The van der Waals surface area contributed by atoms with E-state index >= 15 is 0 Å². The van der Waals surface area contributed by atoms with Crippen molar-refractivity contribution in [2.24, 2.45) is 0 Å². The van der Waals surface area contributed by atoms with Crippen LogP contribution in [0.1, 0.15) is 6.92 Å². The van der Waals surface area contributed by atoms with Crippen LogP contribution in [0.3, 0.4) is 0 Å². The van der Waals surface area contributed by atoms with Gasteiger partial charge in [-0.3, -0.25) is 4.79 Å².